The molecule has 0 amide bonds. The number of benzene rings is 1. The second kappa shape index (κ2) is 4.31. The summed E-state index contributed by atoms with van der Waals surface area (Å²) in [6, 6.07) is 12.6. The number of pyridine rings is 1. The summed E-state index contributed by atoms with van der Waals surface area (Å²) in [7, 11) is 2.06. The van der Waals surface area contributed by atoms with Crippen LogP contribution < -0.4 is 4.57 Å². The summed E-state index contributed by atoms with van der Waals surface area (Å²) in [5, 5.41) is 0. The quantitative estimate of drug-likeness (QED) is 0.670. The van der Waals surface area contributed by atoms with Gasteiger partial charge in [0.2, 0.25) is 5.69 Å². The predicted molar refractivity (Wildman–Crippen MR) is 67.9 cm³/mol. The van der Waals surface area contributed by atoms with E-state index in [2.05, 4.69) is 61.6 Å². The molecule has 1 heteroatoms. The number of hydrogen-bond acceptors (Lipinski definition) is 0. The molecule has 0 unspecified atom stereocenters. The molecule has 2 aromatic rings. The van der Waals surface area contributed by atoms with Crippen LogP contribution in [-0.2, 0) is 7.05 Å². The van der Waals surface area contributed by atoms with Crippen molar-refractivity contribution in [1.82, 2.24) is 0 Å². The minimum atomic E-state index is 1.17. The summed E-state index contributed by atoms with van der Waals surface area (Å²) >= 11 is 0. The molecule has 0 aliphatic rings. The standard InChI is InChI=1S/C15H16N/c1-4-13-7-5-6-8-14(13)15-11-12(2)9-10-16(15)3/h4-11H,1H2,2-3H3/q+1. The third kappa shape index (κ3) is 1.89. The van der Waals surface area contributed by atoms with Crippen LogP contribution >= 0.6 is 0 Å². The van der Waals surface area contributed by atoms with Gasteiger partial charge in [0.05, 0.1) is 5.56 Å². The first kappa shape index (κ1) is 10.6. The SMILES string of the molecule is C=Cc1ccccc1-c1cc(C)cc[n+]1C. The van der Waals surface area contributed by atoms with Crippen molar-refractivity contribution >= 4 is 6.08 Å². The fourth-order valence-corrected chi connectivity index (χ4v) is 1.85. The monoisotopic (exact) mass is 210 g/mol. The fourth-order valence-electron chi connectivity index (χ4n) is 1.85. The molecule has 0 N–H and O–H groups in total. The van der Waals surface area contributed by atoms with Gasteiger partial charge in [-0.3, -0.25) is 0 Å². The van der Waals surface area contributed by atoms with Crippen LogP contribution in [-0.4, -0.2) is 0 Å². The molecule has 0 atom stereocenters. The highest BCUT2D eigenvalue weighted by atomic mass is 14.9. The molecule has 0 bridgehead atoms. The van der Waals surface area contributed by atoms with E-state index >= 15 is 0 Å². The topological polar surface area (TPSA) is 3.88 Å². The van der Waals surface area contributed by atoms with Crippen LogP contribution in [0.15, 0.2) is 49.2 Å². The van der Waals surface area contributed by atoms with E-state index in [1.165, 1.54) is 22.4 Å². The van der Waals surface area contributed by atoms with Gasteiger partial charge < -0.3 is 0 Å². The van der Waals surface area contributed by atoms with E-state index in [9.17, 15) is 0 Å². The zero-order chi connectivity index (χ0) is 11.5. The molecule has 0 fully saturated rings. The van der Waals surface area contributed by atoms with Crippen LogP contribution in [0.3, 0.4) is 0 Å². The Kier molecular flexibility index (Phi) is 2.86. The van der Waals surface area contributed by atoms with Crippen molar-refractivity contribution in [3.63, 3.8) is 0 Å². The fraction of sp³-hybridized carbons (Fsp3) is 0.133. The lowest BCUT2D eigenvalue weighted by Crippen LogP contribution is -2.30. The van der Waals surface area contributed by atoms with Crippen LogP contribution in [0.4, 0.5) is 0 Å². The summed E-state index contributed by atoms with van der Waals surface area (Å²) in [5.41, 5.74) is 4.88. The third-order valence-electron chi connectivity index (χ3n) is 2.76. The molecule has 0 saturated heterocycles. The Hall–Kier alpha value is -1.89. The molecule has 0 saturated carbocycles. The zero-order valence-electron chi connectivity index (χ0n) is 9.77. The summed E-state index contributed by atoms with van der Waals surface area (Å²) in [5.74, 6) is 0. The Morgan fingerprint density at radius 3 is 2.69 bits per heavy atom. The highest BCUT2D eigenvalue weighted by molar-refractivity contribution is 5.70. The second-order valence-electron chi connectivity index (χ2n) is 3.99. The van der Waals surface area contributed by atoms with Crippen molar-refractivity contribution < 1.29 is 4.57 Å². The Balaban J connectivity index is 2.66. The molecular formula is C15H16N+. The molecule has 2 rings (SSSR count). The van der Waals surface area contributed by atoms with Gasteiger partial charge in [-0.25, -0.2) is 4.57 Å². The van der Waals surface area contributed by atoms with Crippen molar-refractivity contribution in [2.45, 2.75) is 6.92 Å². The van der Waals surface area contributed by atoms with Crippen LogP contribution in [0.5, 0.6) is 0 Å². The maximum absolute atomic E-state index is 3.86. The molecule has 1 aromatic heterocycles. The highest BCUT2D eigenvalue weighted by Gasteiger charge is 2.11. The number of aromatic nitrogens is 1. The average molecular weight is 210 g/mol. The molecule has 1 nitrogen and oxygen atoms in total. The summed E-state index contributed by atoms with van der Waals surface area (Å²) in [6.45, 7) is 5.97. The van der Waals surface area contributed by atoms with Crippen molar-refractivity contribution in [1.29, 1.82) is 0 Å². The third-order valence-corrected chi connectivity index (χ3v) is 2.76. The van der Waals surface area contributed by atoms with Crippen molar-refractivity contribution in [3.05, 3.63) is 60.3 Å². The molecule has 1 aromatic carbocycles. The molecule has 80 valence electrons. The smallest absolute Gasteiger partial charge is 0.201 e. The number of rotatable bonds is 2. The average Bonchev–Trinajstić information content (AvgIpc) is 2.32. The van der Waals surface area contributed by atoms with Gasteiger partial charge in [0.1, 0.15) is 7.05 Å². The summed E-state index contributed by atoms with van der Waals surface area (Å²) in [4.78, 5) is 0. The number of hydrogen-bond donors (Lipinski definition) is 0. The van der Waals surface area contributed by atoms with Crippen molar-refractivity contribution in [2.75, 3.05) is 0 Å². The lowest BCUT2D eigenvalue weighted by atomic mass is 10.0. The van der Waals surface area contributed by atoms with Gasteiger partial charge in [0.25, 0.3) is 0 Å². The largest absolute Gasteiger partial charge is 0.213 e. The Morgan fingerprint density at radius 1 is 1.19 bits per heavy atom. The van der Waals surface area contributed by atoms with Gasteiger partial charge >= 0.3 is 0 Å². The maximum atomic E-state index is 3.86. The van der Waals surface area contributed by atoms with E-state index in [-0.39, 0.29) is 0 Å². The zero-order valence-corrected chi connectivity index (χ0v) is 9.77. The first-order valence-corrected chi connectivity index (χ1v) is 5.40. The van der Waals surface area contributed by atoms with Crippen LogP contribution in [0, 0.1) is 6.92 Å². The van der Waals surface area contributed by atoms with Crippen LogP contribution in [0.25, 0.3) is 17.3 Å². The van der Waals surface area contributed by atoms with Crippen molar-refractivity contribution in [2.24, 2.45) is 7.05 Å². The van der Waals surface area contributed by atoms with Gasteiger partial charge in [-0.1, -0.05) is 30.9 Å². The number of aryl methyl sites for hydroxylation is 2. The summed E-state index contributed by atoms with van der Waals surface area (Å²) < 4.78 is 2.13. The van der Waals surface area contributed by atoms with Gasteiger partial charge in [-0.15, -0.1) is 0 Å². The minimum absolute atomic E-state index is 1.17. The highest BCUT2D eigenvalue weighted by Crippen LogP contribution is 2.21. The lowest BCUT2D eigenvalue weighted by Gasteiger charge is -2.04. The van der Waals surface area contributed by atoms with Gasteiger partial charge in [0, 0.05) is 12.1 Å². The van der Waals surface area contributed by atoms with E-state index in [0.29, 0.717) is 0 Å². The van der Waals surface area contributed by atoms with Gasteiger partial charge in [0.15, 0.2) is 6.20 Å². The second-order valence-corrected chi connectivity index (χ2v) is 3.99. The molecule has 0 spiro atoms. The van der Waals surface area contributed by atoms with E-state index in [1.807, 2.05) is 12.1 Å². The van der Waals surface area contributed by atoms with Crippen molar-refractivity contribution in [3.8, 4) is 11.3 Å². The Morgan fingerprint density at radius 2 is 1.94 bits per heavy atom. The van der Waals surface area contributed by atoms with Crippen LogP contribution in [0.1, 0.15) is 11.1 Å². The van der Waals surface area contributed by atoms with E-state index in [4.69, 9.17) is 0 Å². The van der Waals surface area contributed by atoms with E-state index in [1.54, 1.807) is 0 Å². The summed E-state index contributed by atoms with van der Waals surface area (Å²) in [6.07, 6.45) is 3.99. The van der Waals surface area contributed by atoms with E-state index < -0.39 is 0 Å². The van der Waals surface area contributed by atoms with E-state index in [0.717, 1.165) is 0 Å². The molecule has 0 aliphatic carbocycles. The molecule has 0 radical (unpaired) electrons. The first-order valence-electron chi connectivity index (χ1n) is 5.40. The van der Waals surface area contributed by atoms with Gasteiger partial charge in [-0.05, 0) is 24.1 Å². The molecule has 0 aliphatic heterocycles. The first-order chi connectivity index (χ1) is 7.72. The minimum Gasteiger partial charge on any atom is -0.201 e. The predicted octanol–water partition coefficient (Wildman–Crippen LogP) is 3.13. The molecular weight excluding hydrogens is 194 g/mol. The lowest BCUT2D eigenvalue weighted by molar-refractivity contribution is -0.660. The van der Waals surface area contributed by atoms with Gasteiger partial charge in [-0.2, -0.15) is 0 Å². The number of nitrogens with zero attached hydrogens (tertiary/aromatic N) is 1. The maximum Gasteiger partial charge on any atom is 0.213 e. The normalized spacial score (nSPS) is 10.1. The molecule has 16 heavy (non-hydrogen) atoms. The Bertz CT molecular complexity index is 527. The van der Waals surface area contributed by atoms with Crippen LogP contribution in [0.2, 0.25) is 0 Å². The molecule has 1 heterocycles. The Labute approximate surface area is 96.7 Å².